The Balaban J connectivity index is 2.48. The lowest BCUT2D eigenvalue weighted by Crippen LogP contribution is -2.15. The van der Waals surface area contributed by atoms with Crippen molar-refractivity contribution < 1.29 is 8.42 Å². The molecular formula is C13H11Br2ClN2O2S. The Morgan fingerprint density at radius 3 is 2.52 bits per heavy atom. The van der Waals surface area contributed by atoms with Gasteiger partial charge in [-0.3, -0.25) is 4.72 Å². The predicted octanol–water partition coefficient (Wildman–Crippen LogP) is 4.56. The summed E-state index contributed by atoms with van der Waals surface area (Å²) < 4.78 is 28.8. The maximum Gasteiger partial charge on any atom is 0.262 e. The second-order valence-corrected chi connectivity index (χ2v) is 8.20. The number of hydrogen-bond acceptors (Lipinski definition) is 3. The van der Waals surface area contributed by atoms with E-state index in [4.69, 9.17) is 17.3 Å². The molecule has 0 amide bonds. The van der Waals surface area contributed by atoms with E-state index in [1.165, 1.54) is 6.07 Å². The van der Waals surface area contributed by atoms with Gasteiger partial charge in [-0.25, -0.2) is 8.42 Å². The topological polar surface area (TPSA) is 72.2 Å². The van der Waals surface area contributed by atoms with Gasteiger partial charge in [0.25, 0.3) is 10.0 Å². The highest BCUT2D eigenvalue weighted by atomic mass is 79.9. The number of halogens is 3. The summed E-state index contributed by atoms with van der Waals surface area (Å²) in [5.41, 5.74) is 6.99. The third-order valence-corrected chi connectivity index (χ3v) is 5.77. The van der Waals surface area contributed by atoms with E-state index in [2.05, 4.69) is 36.6 Å². The van der Waals surface area contributed by atoms with Gasteiger partial charge in [-0.1, -0.05) is 27.5 Å². The third kappa shape index (κ3) is 3.71. The van der Waals surface area contributed by atoms with Crippen molar-refractivity contribution in [1.82, 2.24) is 0 Å². The first-order valence-corrected chi connectivity index (χ1v) is 9.19. The molecule has 2 aromatic rings. The molecule has 0 atom stereocenters. The monoisotopic (exact) mass is 452 g/mol. The van der Waals surface area contributed by atoms with Gasteiger partial charge in [-0.15, -0.1) is 0 Å². The Hall–Kier alpha value is -0.760. The molecule has 0 heterocycles. The molecule has 0 spiro atoms. The number of nitrogens with one attached hydrogen (secondary N) is 1. The van der Waals surface area contributed by atoms with Crippen molar-refractivity contribution in [1.29, 1.82) is 0 Å². The van der Waals surface area contributed by atoms with E-state index in [0.717, 1.165) is 4.47 Å². The zero-order chi connectivity index (χ0) is 15.8. The van der Waals surface area contributed by atoms with E-state index in [1.807, 2.05) is 0 Å². The van der Waals surface area contributed by atoms with Crippen molar-refractivity contribution in [3.63, 3.8) is 0 Å². The van der Waals surface area contributed by atoms with Gasteiger partial charge in [0.15, 0.2) is 0 Å². The maximum absolute atomic E-state index is 12.5. The molecule has 0 fully saturated rings. The summed E-state index contributed by atoms with van der Waals surface area (Å²) in [5.74, 6) is 0. The first-order chi connectivity index (χ1) is 9.70. The van der Waals surface area contributed by atoms with E-state index < -0.39 is 10.0 Å². The fraction of sp³-hybridized carbons (Fsp3) is 0.0769. The highest BCUT2D eigenvalue weighted by Crippen LogP contribution is 2.31. The molecule has 2 rings (SSSR count). The molecule has 0 saturated heterocycles. The van der Waals surface area contributed by atoms with Gasteiger partial charge in [-0.05, 0) is 58.7 Å². The van der Waals surface area contributed by atoms with E-state index in [9.17, 15) is 8.42 Å². The number of benzene rings is 2. The van der Waals surface area contributed by atoms with Crippen LogP contribution in [-0.2, 0) is 10.0 Å². The summed E-state index contributed by atoms with van der Waals surface area (Å²) >= 11 is 12.5. The van der Waals surface area contributed by atoms with Crippen LogP contribution in [-0.4, -0.2) is 8.42 Å². The summed E-state index contributed by atoms with van der Waals surface area (Å²) in [5, 5.41) is 0.310. The van der Waals surface area contributed by atoms with Crippen LogP contribution in [0.2, 0.25) is 5.02 Å². The number of nitrogen functional groups attached to an aromatic ring is 1. The van der Waals surface area contributed by atoms with E-state index in [1.54, 1.807) is 31.2 Å². The van der Waals surface area contributed by atoms with Crippen LogP contribution in [0.15, 0.2) is 44.2 Å². The van der Waals surface area contributed by atoms with Gasteiger partial charge < -0.3 is 5.73 Å². The number of anilines is 2. The van der Waals surface area contributed by atoms with Crippen LogP contribution in [0, 0.1) is 6.92 Å². The predicted molar refractivity (Wildman–Crippen MR) is 93.3 cm³/mol. The minimum atomic E-state index is -3.78. The highest BCUT2D eigenvalue weighted by Gasteiger charge is 2.19. The molecule has 8 heteroatoms. The molecule has 112 valence electrons. The fourth-order valence-corrected chi connectivity index (χ4v) is 4.11. The third-order valence-electron chi connectivity index (χ3n) is 2.76. The van der Waals surface area contributed by atoms with Crippen molar-refractivity contribution in [3.8, 4) is 0 Å². The largest absolute Gasteiger partial charge is 0.398 e. The van der Waals surface area contributed by atoms with E-state index >= 15 is 0 Å². The molecule has 0 radical (unpaired) electrons. The average molecular weight is 455 g/mol. The first-order valence-electron chi connectivity index (χ1n) is 5.74. The molecular weight excluding hydrogens is 443 g/mol. The van der Waals surface area contributed by atoms with Crippen molar-refractivity contribution in [3.05, 3.63) is 49.9 Å². The summed E-state index contributed by atoms with van der Waals surface area (Å²) in [6, 6.07) is 7.99. The number of sulfonamides is 1. The lowest BCUT2D eigenvalue weighted by atomic mass is 10.2. The van der Waals surface area contributed by atoms with Crippen LogP contribution in [0.1, 0.15) is 5.56 Å². The lowest BCUT2D eigenvalue weighted by molar-refractivity contribution is 0.600. The first kappa shape index (κ1) is 16.6. The van der Waals surface area contributed by atoms with Crippen LogP contribution >= 0.6 is 43.5 Å². The zero-order valence-electron chi connectivity index (χ0n) is 10.8. The number of nitrogens with two attached hydrogens (primary N) is 1. The maximum atomic E-state index is 12.5. The van der Waals surface area contributed by atoms with Crippen LogP contribution in [0.4, 0.5) is 11.4 Å². The summed E-state index contributed by atoms with van der Waals surface area (Å²) in [6.45, 7) is 1.70. The minimum absolute atomic E-state index is 0.110. The molecule has 0 aliphatic heterocycles. The summed E-state index contributed by atoms with van der Waals surface area (Å²) in [6.07, 6.45) is 0. The van der Waals surface area contributed by atoms with Gasteiger partial charge in [-0.2, -0.15) is 0 Å². The molecule has 0 bridgehead atoms. The van der Waals surface area contributed by atoms with Gasteiger partial charge >= 0.3 is 0 Å². The Labute approximate surface area is 145 Å². The molecule has 21 heavy (non-hydrogen) atoms. The molecule has 0 saturated carbocycles. The SMILES string of the molecule is Cc1cc(Br)c(N)cc1S(=O)(=O)Nc1cc(Br)ccc1Cl. The molecule has 0 aliphatic rings. The molecule has 0 aromatic heterocycles. The molecule has 3 N–H and O–H groups in total. The zero-order valence-corrected chi connectivity index (χ0v) is 15.6. The Morgan fingerprint density at radius 1 is 1.19 bits per heavy atom. The summed E-state index contributed by atoms with van der Waals surface area (Å²) in [7, 11) is -3.78. The van der Waals surface area contributed by atoms with Crippen molar-refractivity contribution in [2.75, 3.05) is 10.5 Å². The smallest absolute Gasteiger partial charge is 0.262 e. The van der Waals surface area contributed by atoms with Crippen molar-refractivity contribution >= 4 is 64.9 Å². The average Bonchev–Trinajstić information content (AvgIpc) is 2.37. The number of aryl methyl sites for hydroxylation is 1. The van der Waals surface area contributed by atoms with Gasteiger partial charge in [0.1, 0.15) is 0 Å². The second-order valence-electron chi connectivity index (χ2n) is 4.37. The fourth-order valence-electron chi connectivity index (χ4n) is 1.73. The van der Waals surface area contributed by atoms with E-state index in [-0.39, 0.29) is 4.90 Å². The normalized spacial score (nSPS) is 11.4. The van der Waals surface area contributed by atoms with Gasteiger partial charge in [0, 0.05) is 14.6 Å². The summed E-state index contributed by atoms with van der Waals surface area (Å²) in [4.78, 5) is 0.110. The number of rotatable bonds is 3. The Kier molecular flexibility index (Phi) is 4.87. The standard InChI is InChI=1S/C13H11Br2ClN2O2S/c1-7-4-9(15)11(17)6-13(7)21(19,20)18-12-5-8(14)2-3-10(12)16/h2-6,18H,17H2,1H3. The molecule has 0 unspecified atom stereocenters. The van der Waals surface area contributed by atoms with Gasteiger partial charge in [0.05, 0.1) is 15.6 Å². The number of hydrogen-bond donors (Lipinski definition) is 2. The molecule has 4 nitrogen and oxygen atoms in total. The minimum Gasteiger partial charge on any atom is -0.398 e. The molecule has 2 aromatic carbocycles. The van der Waals surface area contributed by atoms with Crippen LogP contribution in [0.3, 0.4) is 0 Å². The Bertz CT molecular complexity index is 810. The van der Waals surface area contributed by atoms with E-state index in [0.29, 0.717) is 26.4 Å². The highest BCUT2D eigenvalue weighted by molar-refractivity contribution is 9.10. The van der Waals surface area contributed by atoms with Crippen LogP contribution in [0.25, 0.3) is 0 Å². The van der Waals surface area contributed by atoms with Crippen molar-refractivity contribution in [2.45, 2.75) is 11.8 Å². The van der Waals surface area contributed by atoms with Crippen molar-refractivity contribution in [2.24, 2.45) is 0 Å². The van der Waals surface area contributed by atoms with Gasteiger partial charge in [0.2, 0.25) is 0 Å². The van der Waals surface area contributed by atoms with Crippen LogP contribution < -0.4 is 10.5 Å². The molecule has 0 aliphatic carbocycles. The second kappa shape index (κ2) is 6.16. The quantitative estimate of drug-likeness (QED) is 0.668. The lowest BCUT2D eigenvalue weighted by Gasteiger charge is -2.13. The van der Waals surface area contributed by atoms with Crippen LogP contribution in [0.5, 0.6) is 0 Å². The Morgan fingerprint density at radius 2 is 1.86 bits per heavy atom.